The summed E-state index contributed by atoms with van der Waals surface area (Å²) in [6.07, 6.45) is 1.47. The molecule has 0 aliphatic rings. The SMILES string of the molecule is Cc1nc(-c2ccc(N=C=O)cc2)no1. The molecule has 2 aromatic rings. The summed E-state index contributed by atoms with van der Waals surface area (Å²) in [6.45, 7) is 1.72. The average molecular weight is 201 g/mol. The largest absolute Gasteiger partial charge is 0.339 e. The van der Waals surface area contributed by atoms with Crippen LogP contribution in [0, 0.1) is 6.92 Å². The van der Waals surface area contributed by atoms with Crippen molar-refractivity contribution in [3.8, 4) is 11.4 Å². The van der Waals surface area contributed by atoms with E-state index >= 15 is 0 Å². The van der Waals surface area contributed by atoms with Crippen LogP contribution in [0.2, 0.25) is 0 Å². The van der Waals surface area contributed by atoms with Crippen LogP contribution in [0.4, 0.5) is 5.69 Å². The molecule has 0 unspecified atom stereocenters. The summed E-state index contributed by atoms with van der Waals surface area (Å²) in [5.41, 5.74) is 1.37. The summed E-state index contributed by atoms with van der Waals surface area (Å²) in [6, 6.07) is 6.90. The Bertz CT molecular complexity index is 510. The molecular formula is C10H7N3O2. The molecule has 15 heavy (non-hydrogen) atoms. The highest BCUT2D eigenvalue weighted by Gasteiger charge is 2.04. The minimum absolute atomic E-state index is 0.514. The van der Waals surface area contributed by atoms with Gasteiger partial charge in [-0.25, -0.2) is 4.79 Å². The molecule has 0 aliphatic heterocycles. The van der Waals surface area contributed by atoms with E-state index in [0.29, 0.717) is 17.4 Å². The number of aryl methyl sites for hydroxylation is 1. The van der Waals surface area contributed by atoms with E-state index in [-0.39, 0.29) is 0 Å². The van der Waals surface area contributed by atoms with Gasteiger partial charge in [-0.3, -0.25) is 0 Å². The molecular weight excluding hydrogens is 194 g/mol. The smallest absolute Gasteiger partial charge is 0.240 e. The summed E-state index contributed by atoms with van der Waals surface area (Å²) < 4.78 is 4.85. The van der Waals surface area contributed by atoms with Crippen molar-refractivity contribution in [2.24, 2.45) is 4.99 Å². The molecule has 5 nitrogen and oxygen atoms in total. The first-order chi connectivity index (χ1) is 7.29. The Morgan fingerprint density at radius 2 is 2.07 bits per heavy atom. The van der Waals surface area contributed by atoms with Gasteiger partial charge in [0.25, 0.3) is 0 Å². The van der Waals surface area contributed by atoms with Crippen LogP contribution in [0.15, 0.2) is 33.8 Å². The second-order valence-corrected chi connectivity index (χ2v) is 2.89. The lowest BCUT2D eigenvalue weighted by Crippen LogP contribution is -1.79. The molecule has 0 saturated carbocycles. The lowest BCUT2D eigenvalue weighted by Gasteiger charge is -1.93. The molecule has 0 spiro atoms. The van der Waals surface area contributed by atoms with E-state index in [1.807, 2.05) is 0 Å². The predicted molar refractivity (Wildman–Crippen MR) is 52.3 cm³/mol. The molecule has 0 saturated heterocycles. The molecule has 1 aromatic heterocycles. The number of rotatable bonds is 2. The zero-order valence-electron chi connectivity index (χ0n) is 7.97. The van der Waals surface area contributed by atoms with E-state index in [0.717, 1.165) is 5.56 Å². The van der Waals surface area contributed by atoms with Crippen LogP contribution in [-0.2, 0) is 4.79 Å². The molecule has 0 fully saturated rings. The summed E-state index contributed by atoms with van der Waals surface area (Å²) in [4.78, 5) is 17.5. The highest BCUT2D eigenvalue weighted by molar-refractivity contribution is 5.59. The third-order valence-corrected chi connectivity index (χ3v) is 1.83. The van der Waals surface area contributed by atoms with Crippen LogP contribution in [0.1, 0.15) is 5.89 Å². The second kappa shape index (κ2) is 3.86. The summed E-state index contributed by atoms with van der Waals surface area (Å²) in [5.74, 6) is 1.04. The summed E-state index contributed by atoms with van der Waals surface area (Å²) >= 11 is 0. The molecule has 0 radical (unpaired) electrons. The normalized spacial score (nSPS) is 9.67. The van der Waals surface area contributed by atoms with Crippen molar-refractivity contribution in [3.05, 3.63) is 30.2 Å². The van der Waals surface area contributed by atoms with Gasteiger partial charge in [0.2, 0.25) is 17.8 Å². The second-order valence-electron chi connectivity index (χ2n) is 2.89. The van der Waals surface area contributed by atoms with E-state index in [9.17, 15) is 4.79 Å². The predicted octanol–water partition coefficient (Wildman–Crippen LogP) is 2.01. The molecule has 2 rings (SSSR count). The summed E-state index contributed by atoms with van der Waals surface area (Å²) in [7, 11) is 0. The number of hydrogen-bond donors (Lipinski definition) is 0. The molecule has 0 aliphatic carbocycles. The Balaban J connectivity index is 2.35. The van der Waals surface area contributed by atoms with Crippen molar-refractivity contribution in [3.63, 3.8) is 0 Å². The van der Waals surface area contributed by atoms with E-state index < -0.39 is 0 Å². The zero-order valence-corrected chi connectivity index (χ0v) is 7.97. The number of carbonyl (C=O) groups excluding carboxylic acids is 1. The Kier molecular flexibility index (Phi) is 2.39. The topological polar surface area (TPSA) is 68.3 Å². The van der Waals surface area contributed by atoms with Crippen molar-refractivity contribution in [2.75, 3.05) is 0 Å². The molecule has 0 N–H and O–H groups in total. The van der Waals surface area contributed by atoms with Gasteiger partial charge in [0.05, 0.1) is 5.69 Å². The number of benzene rings is 1. The molecule has 0 atom stereocenters. The van der Waals surface area contributed by atoms with Crippen LogP contribution >= 0.6 is 0 Å². The first-order valence-corrected chi connectivity index (χ1v) is 4.28. The molecule has 0 bridgehead atoms. The number of nitrogens with zero attached hydrogens (tertiary/aromatic N) is 3. The first-order valence-electron chi connectivity index (χ1n) is 4.28. The van der Waals surface area contributed by atoms with E-state index in [4.69, 9.17) is 4.52 Å². The number of isocyanates is 1. The van der Waals surface area contributed by atoms with E-state index in [1.165, 1.54) is 6.08 Å². The van der Waals surface area contributed by atoms with Crippen molar-refractivity contribution in [2.45, 2.75) is 6.92 Å². The van der Waals surface area contributed by atoms with Crippen LogP contribution in [0.5, 0.6) is 0 Å². The monoisotopic (exact) mass is 201 g/mol. The van der Waals surface area contributed by atoms with Gasteiger partial charge in [-0.05, 0) is 24.3 Å². The van der Waals surface area contributed by atoms with Gasteiger partial charge in [-0.2, -0.15) is 9.98 Å². The van der Waals surface area contributed by atoms with Crippen molar-refractivity contribution >= 4 is 11.8 Å². The number of aromatic nitrogens is 2. The Morgan fingerprint density at radius 1 is 1.33 bits per heavy atom. The molecule has 0 amide bonds. The van der Waals surface area contributed by atoms with E-state index in [1.54, 1.807) is 31.2 Å². The average Bonchev–Trinajstić information content (AvgIpc) is 2.67. The maximum absolute atomic E-state index is 10.0. The van der Waals surface area contributed by atoms with E-state index in [2.05, 4.69) is 15.1 Å². The first kappa shape index (κ1) is 9.30. The lowest BCUT2D eigenvalue weighted by atomic mass is 10.2. The van der Waals surface area contributed by atoms with Crippen LogP contribution in [-0.4, -0.2) is 16.2 Å². The van der Waals surface area contributed by atoms with Crippen molar-refractivity contribution < 1.29 is 9.32 Å². The van der Waals surface area contributed by atoms with Gasteiger partial charge in [-0.15, -0.1) is 0 Å². The van der Waals surface area contributed by atoms with Crippen molar-refractivity contribution in [1.82, 2.24) is 10.1 Å². The van der Waals surface area contributed by atoms with Gasteiger partial charge in [-0.1, -0.05) is 5.16 Å². The third kappa shape index (κ3) is 1.98. The molecule has 5 heteroatoms. The zero-order chi connectivity index (χ0) is 10.7. The molecule has 74 valence electrons. The molecule has 1 heterocycles. The van der Waals surface area contributed by atoms with Crippen LogP contribution < -0.4 is 0 Å². The Hall–Kier alpha value is -2.26. The maximum atomic E-state index is 10.0. The minimum atomic E-state index is 0.514. The van der Waals surface area contributed by atoms with Crippen LogP contribution in [0.25, 0.3) is 11.4 Å². The van der Waals surface area contributed by atoms with Gasteiger partial charge in [0.15, 0.2) is 0 Å². The fraction of sp³-hybridized carbons (Fsp3) is 0.100. The fourth-order valence-electron chi connectivity index (χ4n) is 1.15. The minimum Gasteiger partial charge on any atom is -0.339 e. The van der Waals surface area contributed by atoms with Gasteiger partial charge in [0.1, 0.15) is 0 Å². The van der Waals surface area contributed by atoms with Crippen molar-refractivity contribution in [1.29, 1.82) is 0 Å². The van der Waals surface area contributed by atoms with Gasteiger partial charge < -0.3 is 4.52 Å². The highest BCUT2D eigenvalue weighted by atomic mass is 16.5. The van der Waals surface area contributed by atoms with Gasteiger partial charge in [0, 0.05) is 12.5 Å². The highest BCUT2D eigenvalue weighted by Crippen LogP contribution is 2.19. The number of hydrogen-bond acceptors (Lipinski definition) is 5. The summed E-state index contributed by atoms with van der Waals surface area (Å²) in [5, 5.41) is 3.77. The maximum Gasteiger partial charge on any atom is 0.240 e. The van der Waals surface area contributed by atoms with Crippen LogP contribution in [0.3, 0.4) is 0 Å². The lowest BCUT2D eigenvalue weighted by molar-refractivity contribution is 0.394. The fourth-order valence-corrected chi connectivity index (χ4v) is 1.15. The molecule has 1 aromatic carbocycles. The third-order valence-electron chi connectivity index (χ3n) is 1.83. The Labute approximate surface area is 85.5 Å². The Morgan fingerprint density at radius 3 is 2.60 bits per heavy atom. The quantitative estimate of drug-likeness (QED) is 0.550. The van der Waals surface area contributed by atoms with Gasteiger partial charge >= 0.3 is 0 Å². The number of aliphatic imine (C=N–C) groups is 1. The standard InChI is InChI=1S/C10H7N3O2/c1-7-12-10(13-15-7)8-2-4-9(5-3-8)11-6-14/h2-5H,1H3.